The lowest BCUT2D eigenvalue weighted by Gasteiger charge is -2.12. The Bertz CT molecular complexity index is 561. The van der Waals surface area contributed by atoms with Crippen LogP contribution in [0.2, 0.25) is 0 Å². The first-order chi connectivity index (χ1) is 13.0. The third-order valence-corrected chi connectivity index (χ3v) is 4.73. The summed E-state index contributed by atoms with van der Waals surface area (Å²) in [6.45, 7) is 2.15. The lowest BCUT2D eigenvalue weighted by molar-refractivity contribution is -0.432. The molecule has 0 amide bonds. The fourth-order valence-corrected chi connectivity index (χ4v) is 3.03. The highest BCUT2D eigenvalue weighted by Crippen LogP contribution is 2.36. The Labute approximate surface area is 161 Å². The van der Waals surface area contributed by atoms with Gasteiger partial charge in [0.25, 0.3) is 0 Å². The van der Waals surface area contributed by atoms with Gasteiger partial charge in [0.2, 0.25) is 5.82 Å². The van der Waals surface area contributed by atoms with E-state index in [9.17, 15) is 17.6 Å². The van der Waals surface area contributed by atoms with Crippen LogP contribution in [0.5, 0.6) is 5.75 Å². The van der Waals surface area contributed by atoms with Crippen molar-refractivity contribution in [2.75, 3.05) is 6.61 Å². The van der Waals surface area contributed by atoms with Crippen molar-refractivity contribution >= 4 is 12.0 Å². The zero-order chi connectivity index (χ0) is 20.1. The molecule has 0 radical (unpaired) electrons. The number of hydrogen-bond donors (Lipinski definition) is 1. The Balaban J connectivity index is 2.37. The molecule has 0 saturated carbocycles. The smallest absolute Gasteiger partial charge is 0.206 e. The van der Waals surface area contributed by atoms with Gasteiger partial charge in [-0.05, 0) is 6.42 Å². The number of halogens is 4. The highest BCUT2D eigenvalue weighted by atomic mass is 32.2. The van der Waals surface area contributed by atoms with E-state index in [1.54, 1.807) is 0 Å². The maximum absolute atomic E-state index is 14.1. The van der Waals surface area contributed by atoms with E-state index in [2.05, 4.69) is 16.3 Å². The minimum Gasteiger partial charge on any atom is -0.488 e. The third kappa shape index (κ3) is 8.25. The molecule has 0 heterocycles. The van der Waals surface area contributed by atoms with Crippen LogP contribution in [0.3, 0.4) is 0 Å². The molecular formula is C18H26F4O4S. The van der Waals surface area contributed by atoms with E-state index in [-0.39, 0.29) is 18.6 Å². The van der Waals surface area contributed by atoms with E-state index >= 15 is 0 Å². The number of benzene rings is 1. The Kier molecular flexibility index (Phi) is 12.5. The van der Waals surface area contributed by atoms with E-state index in [0.29, 0.717) is 6.42 Å². The number of hydrogen-bond acceptors (Lipinski definition) is 5. The van der Waals surface area contributed by atoms with Gasteiger partial charge in [0.15, 0.2) is 23.2 Å². The van der Waals surface area contributed by atoms with Gasteiger partial charge < -0.3 is 4.74 Å². The van der Waals surface area contributed by atoms with Gasteiger partial charge in [0, 0.05) is 0 Å². The summed E-state index contributed by atoms with van der Waals surface area (Å²) in [7, 11) is 0. The predicted molar refractivity (Wildman–Crippen MR) is 94.3 cm³/mol. The van der Waals surface area contributed by atoms with Gasteiger partial charge in [-0.3, -0.25) is 0 Å². The summed E-state index contributed by atoms with van der Waals surface area (Å²) < 4.78 is 63.7. The minimum absolute atomic E-state index is 0.0309. The van der Waals surface area contributed by atoms with Crippen LogP contribution >= 0.6 is 12.0 Å². The highest BCUT2D eigenvalue weighted by molar-refractivity contribution is 7.94. The van der Waals surface area contributed by atoms with E-state index in [1.165, 1.54) is 32.1 Å². The van der Waals surface area contributed by atoms with Crippen molar-refractivity contribution in [3.05, 3.63) is 23.3 Å². The molecule has 0 spiro atoms. The van der Waals surface area contributed by atoms with E-state index in [4.69, 9.17) is 9.99 Å². The molecule has 156 valence electrons. The van der Waals surface area contributed by atoms with Crippen LogP contribution in [0, 0.1) is 23.3 Å². The molecule has 0 atom stereocenters. The molecule has 0 bridgehead atoms. The van der Waals surface area contributed by atoms with Crippen LogP contribution < -0.4 is 4.74 Å². The molecule has 0 aliphatic carbocycles. The highest BCUT2D eigenvalue weighted by Gasteiger charge is 2.27. The first-order valence-electron chi connectivity index (χ1n) is 9.18. The molecule has 9 heteroatoms. The lowest BCUT2D eigenvalue weighted by atomic mass is 10.1. The van der Waals surface area contributed by atoms with Crippen molar-refractivity contribution in [2.45, 2.75) is 76.0 Å². The maximum Gasteiger partial charge on any atom is 0.206 e. The van der Waals surface area contributed by atoms with Gasteiger partial charge in [-0.2, -0.15) is 4.39 Å². The van der Waals surface area contributed by atoms with E-state index < -0.39 is 33.9 Å². The predicted octanol–water partition coefficient (Wildman–Crippen LogP) is 6.97. The van der Waals surface area contributed by atoms with Crippen molar-refractivity contribution < 1.29 is 36.9 Å². The molecule has 0 aromatic heterocycles. The fraction of sp³-hybridized carbons (Fsp3) is 0.667. The third-order valence-electron chi connectivity index (χ3n) is 4.07. The van der Waals surface area contributed by atoms with Crippen molar-refractivity contribution in [2.24, 2.45) is 0 Å². The summed E-state index contributed by atoms with van der Waals surface area (Å²) in [5.74, 6) is -7.91. The van der Waals surface area contributed by atoms with Crippen molar-refractivity contribution in [1.29, 1.82) is 0 Å². The number of ether oxygens (including phenoxy) is 1. The minimum atomic E-state index is -1.89. The van der Waals surface area contributed by atoms with E-state index in [1.807, 2.05) is 0 Å². The quantitative estimate of drug-likeness (QED) is 0.0639. The molecule has 4 nitrogen and oxygen atoms in total. The average Bonchev–Trinajstić information content (AvgIpc) is 2.66. The summed E-state index contributed by atoms with van der Waals surface area (Å²) >= 11 is -0.139. The Hall–Kier alpha value is -1.03. The zero-order valence-corrected chi connectivity index (χ0v) is 16.2. The van der Waals surface area contributed by atoms with Crippen LogP contribution in [0.1, 0.15) is 71.1 Å². The Morgan fingerprint density at radius 3 is 1.85 bits per heavy atom. The van der Waals surface area contributed by atoms with Gasteiger partial charge in [0.1, 0.15) is 4.90 Å². The van der Waals surface area contributed by atoms with Gasteiger partial charge >= 0.3 is 0 Å². The molecule has 0 fully saturated rings. The fourth-order valence-electron chi connectivity index (χ4n) is 2.60. The second-order valence-corrected chi connectivity index (χ2v) is 6.88. The summed E-state index contributed by atoms with van der Waals surface area (Å²) in [4.78, 5) is -1.01. The van der Waals surface area contributed by atoms with Crippen molar-refractivity contribution in [3.63, 3.8) is 0 Å². The second-order valence-electron chi connectivity index (χ2n) is 6.17. The molecule has 1 N–H and O–H groups in total. The largest absolute Gasteiger partial charge is 0.488 e. The number of unbranched alkanes of at least 4 members (excludes halogenated alkanes) is 9. The Morgan fingerprint density at radius 2 is 1.30 bits per heavy atom. The molecule has 0 aliphatic heterocycles. The standard InChI is InChI=1S/C18H26F4O4S/c1-2-3-4-5-6-7-8-9-10-11-12-24-17-14(20)13(19)15(21)18(16(17)22)27-26-25-23/h23H,2-12H2,1H3. The summed E-state index contributed by atoms with van der Waals surface area (Å²) in [6.07, 6.45) is 10.8. The molecule has 1 rings (SSSR count). The van der Waals surface area contributed by atoms with Gasteiger partial charge in [-0.1, -0.05) is 69.7 Å². The second kappa shape index (κ2) is 14.0. The normalized spacial score (nSPS) is 11.2. The summed E-state index contributed by atoms with van der Waals surface area (Å²) in [5.41, 5.74) is 0. The molecule has 27 heavy (non-hydrogen) atoms. The van der Waals surface area contributed by atoms with Gasteiger partial charge in [0.05, 0.1) is 18.6 Å². The van der Waals surface area contributed by atoms with Crippen LogP contribution in [0.25, 0.3) is 0 Å². The van der Waals surface area contributed by atoms with Crippen LogP contribution in [0.15, 0.2) is 4.90 Å². The molecule has 0 unspecified atom stereocenters. The lowest BCUT2D eigenvalue weighted by Crippen LogP contribution is -2.07. The average molecular weight is 414 g/mol. The zero-order valence-electron chi connectivity index (χ0n) is 15.4. The molecule has 0 aliphatic rings. The number of rotatable bonds is 15. The Morgan fingerprint density at radius 1 is 0.741 bits per heavy atom. The van der Waals surface area contributed by atoms with Crippen molar-refractivity contribution in [3.8, 4) is 5.75 Å². The van der Waals surface area contributed by atoms with Gasteiger partial charge in [-0.15, -0.1) is 4.33 Å². The molecule has 1 aromatic rings. The molecular weight excluding hydrogens is 388 g/mol. The SMILES string of the molecule is CCCCCCCCCCCCOc1c(F)c(F)c(F)c(SOOO)c1F. The topological polar surface area (TPSA) is 47.9 Å². The monoisotopic (exact) mass is 414 g/mol. The first-order valence-corrected chi connectivity index (χ1v) is 9.92. The van der Waals surface area contributed by atoms with Crippen LogP contribution in [-0.2, 0) is 9.37 Å². The van der Waals surface area contributed by atoms with E-state index in [0.717, 1.165) is 25.7 Å². The molecule has 0 saturated heterocycles. The summed E-state index contributed by atoms with van der Waals surface area (Å²) in [5, 5.41) is 11.2. The maximum atomic E-state index is 14.1. The van der Waals surface area contributed by atoms with Crippen LogP contribution in [0.4, 0.5) is 17.6 Å². The first kappa shape index (κ1) is 24.0. The summed E-state index contributed by atoms with van der Waals surface area (Å²) in [6, 6.07) is 0. The van der Waals surface area contributed by atoms with Crippen molar-refractivity contribution in [1.82, 2.24) is 0 Å². The van der Waals surface area contributed by atoms with Crippen LogP contribution in [-0.4, -0.2) is 11.9 Å². The van der Waals surface area contributed by atoms with Gasteiger partial charge in [-0.25, -0.2) is 18.4 Å². The molecule has 1 aromatic carbocycles.